The molecule has 0 atom stereocenters. The van der Waals surface area contributed by atoms with E-state index in [1.165, 1.54) is 6.33 Å². The zero-order valence-corrected chi connectivity index (χ0v) is 10.1. The number of nitrogens with one attached hydrogen (secondary N) is 1. The lowest BCUT2D eigenvalue weighted by atomic mass is 9.97. The van der Waals surface area contributed by atoms with Gasteiger partial charge in [0.05, 0.1) is 5.56 Å². The number of carbonyl (C=O) groups is 1. The Hall–Kier alpha value is -1.49. The van der Waals surface area contributed by atoms with Crippen molar-refractivity contribution >= 4 is 5.91 Å². The van der Waals surface area contributed by atoms with Gasteiger partial charge in [-0.2, -0.15) is 0 Å². The monoisotopic (exact) mass is 234 g/mol. The SMILES string of the molecule is CN(CC1CCNCC1)C(=O)c1cncnc1. The van der Waals surface area contributed by atoms with E-state index in [1.807, 2.05) is 7.05 Å². The molecule has 0 spiro atoms. The summed E-state index contributed by atoms with van der Waals surface area (Å²) in [7, 11) is 1.84. The maximum Gasteiger partial charge on any atom is 0.256 e. The molecule has 1 aliphatic heterocycles. The lowest BCUT2D eigenvalue weighted by Gasteiger charge is -2.27. The molecular formula is C12H18N4O. The fraction of sp³-hybridized carbons (Fsp3) is 0.583. The van der Waals surface area contributed by atoms with Crippen LogP contribution in [0.1, 0.15) is 23.2 Å². The number of hydrogen-bond acceptors (Lipinski definition) is 4. The molecule has 1 fully saturated rings. The van der Waals surface area contributed by atoms with Gasteiger partial charge in [-0.3, -0.25) is 4.79 Å². The highest BCUT2D eigenvalue weighted by atomic mass is 16.2. The van der Waals surface area contributed by atoms with E-state index in [1.54, 1.807) is 17.3 Å². The molecule has 1 N–H and O–H groups in total. The summed E-state index contributed by atoms with van der Waals surface area (Å²) in [6, 6.07) is 0. The van der Waals surface area contributed by atoms with Crippen LogP contribution >= 0.6 is 0 Å². The summed E-state index contributed by atoms with van der Waals surface area (Å²) in [4.78, 5) is 21.6. The van der Waals surface area contributed by atoms with Crippen LogP contribution in [0.2, 0.25) is 0 Å². The Bertz CT molecular complexity index is 362. The number of amides is 1. The molecule has 92 valence electrons. The molecule has 0 radical (unpaired) electrons. The Labute approximate surface area is 101 Å². The van der Waals surface area contributed by atoms with Crippen LogP contribution in [0.3, 0.4) is 0 Å². The molecule has 0 saturated carbocycles. The smallest absolute Gasteiger partial charge is 0.256 e. The molecule has 0 aromatic carbocycles. The fourth-order valence-electron chi connectivity index (χ4n) is 2.16. The van der Waals surface area contributed by atoms with Gasteiger partial charge in [-0.25, -0.2) is 9.97 Å². The average molecular weight is 234 g/mol. The zero-order chi connectivity index (χ0) is 12.1. The number of piperidine rings is 1. The van der Waals surface area contributed by atoms with E-state index in [9.17, 15) is 4.79 Å². The first-order chi connectivity index (χ1) is 8.27. The van der Waals surface area contributed by atoms with Crippen molar-refractivity contribution in [3.63, 3.8) is 0 Å². The van der Waals surface area contributed by atoms with Gasteiger partial charge in [0, 0.05) is 26.0 Å². The van der Waals surface area contributed by atoms with Crippen molar-refractivity contribution in [2.45, 2.75) is 12.8 Å². The van der Waals surface area contributed by atoms with Crippen molar-refractivity contribution < 1.29 is 4.79 Å². The molecule has 1 aromatic rings. The highest BCUT2D eigenvalue weighted by Gasteiger charge is 2.19. The maximum atomic E-state index is 12.0. The summed E-state index contributed by atoms with van der Waals surface area (Å²) in [5.74, 6) is 0.610. The highest BCUT2D eigenvalue weighted by molar-refractivity contribution is 5.93. The first kappa shape index (κ1) is 12.0. The van der Waals surface area contributed by atoms with E-state index in [-0.39, 0.29) is 5.91 Å². The normalized spacial score (nSPS) is 16.8. The zero-order valence-electron chi connectivity index (χ0n) is 10.1. The number of nitrogens with zero attached hydrogens (tertiary/aromatic N) is 3. The van der Waals surface area contributed by atoms with E-state index in [0.717, 1.165) is 32.5 Å². The Kier molecular flexibility index (Phi) is 4.03. The third kappa shape index (κ3) is 3.23. The molecule has 5 heteroatoms. The van der Waals surface area contributed by atoms with E-state index < -0.39 is 0 Å². The Balaban J connectivity index is 1.91. The predicted molar refractivity (Wildman–Crippen MR) is 64.6 cm³/mol. The average Bonchev–Trinajstić information content (AvgIpc) is 2.40. The van der Waals surface area contributed by atoms with Crippen LogP contribution in [-0.2, 0) is 0 Å². The Morgan fingerprint density at radius 2 is 2.06 bits per heavy atom. The van der Waals surface area contributed by atoms with Crippen LogP contribution in [-0.4, -0.2) is 47.5 Å². The lowest BCUT2D eigenvalue weighted by molar-refractivity contribution is 0.0762. The molecular weight excluding hydrogens is 216 g/mol. The van der Waals surface area contributed by atoms with E-state index >= 15 is 0 Å². The number of hydrogen-bond donors (Lipinski definition) is 1. The molecule has 5 nitrogen and oxygen atoms in total. The van der Waals surface area contributed by atoms with Gasteiger partial charge in [0.15, 0.2) is 0 Å². The van der Waals surface area contributed by atoms with Gasteiger partial charge in [-0.15, -0.1) is 0 Å². The first-order valence-corrected chi connectivity index (χ1v) is 5.98. The second-order valence-corrected chi connectivity index (χ2v) is 4.51. The predicted octanol–water partition coefficient (Wildman–Crippen LogP) is 0.548. The van der Waals surface area contributed by atoms with Gasteiger partial charge in [0.25, 0.3) is 5.91 Å². The van der Waals surface area contributed by atoms with E-state index in [2.05, 4.69) is 15.3 Å². The molecule has 0 bridgehead atoms. The van der Waals surface area contributed by atoms with Gasteiger partial charge >= 0.3 is 0 Å². The van der Waals surface area contributed by atoms with Gasteiger partial charge in [-0.05, 0) is 31.8 Å². The van der Waals surface area contributed by atoms with Crippen molar-refractivity contribution in [1.29, 1.82) is 0 Å². The molecule has 1 aliphatic rings. The van der Waals surface area contributed by atoms with Crippen LogP contribution in [0.4, 0.5) is 0 Å². The Morgan fingerprint density at radius 3 is 2.71 bits per heavy atom. The first-order valence-electron chi connectivity index (χ1n) is 5.98. The van der Waals surface area contributed by atoms with Crippen molar-refractivity contribution in [3.8, 4) is 0 Å². The molecule has 0 unspecified atom stereocenters. The minimum Gasteiger partial charge on any atom is -0.341 e. The van der Waals surface area contributed by atoms with Gasteiger partial charge in [0.1, 0.15) is 6.33 Å². The molecule has 0 aliphatic carbocycles. The summed E-state index contributed by atoms with van der Waals surface area (Å²) in [6.45, 7) is 2.93. The summed E-state index contributed by atoms with van der Waals surface area (Å²) in [6.07, 6.45) is 6.85. The van der Waals surface area contributed by atoms with Gasteiger partial charge < -0.3 is 10.2 Å². The second-order valence-electron chi connectivity index (χ2n) is 4.51. The largest absolute Gasteiger partial charge is 0.341 e. The van der Waals surface area contributed by atoms with E-state index in [4.69, 9.17) is 0 Å². The van der Waals surface area contributed by atoms with Crippen LogP contribution in [0.15, 0.2) is 18.7 Å². The second kappa shape index (κ2) is 5.72. The van der Waals surface area contributed by atoms with Crippen molar-refractivity contribution in [3.05, 3.63) is 24.3 Å². The van der Waals surface area contributed by atoms with Crippen molar-refractivity contribution in [2.24, 2.45) is 5.92 Å². The third-order valence-corrected chi connectivity index (χ3v) is 3.15. The molecule has 1 amide bonds. The standard InChI is InChI=1S/C12H18N4O/c1-16(8-10-2-4-13-5-3-10)12(17)11-6-14-9-15-7-11/h6-7,9-10,13H,2-5,8H2,1H3. The van der Waals surface area contributed by atoms with Crippen molar-refractivity contribution in [2.75, 3.05) is 26.7 Å². The third-order valence-electron chi connectivity index (χ3n) is 3.15. The molecule has 1 aromatic heterocycles. The topological polar surface area (TPSA) is 58.1 Å². The minimum atomic E-state index is 0.00383. The Morgan fingerprint density at radius 1 is 1.41 bits per heavy atom. The molecule has 2 heterocycles. The number of aromatic nitrogens is 2. The molecule has 1 saturated heterocycles. The molecule has 17 heavy (non-hydrogen) atoms. The molecule has 2 rings (SSSR count). The van der Waals surface area contributed by atoms with Crippen LogP contribution in [0, 0.1) is 5.92 Å². The van der Waals surface area contributed by atoms with Crippen LogP contribution < -0.4 is 5.32 Å². The fourth-order valence-corrected chi connectivity index (χ4v) is 2.16. The van der Waals surface area contributed by atoms with Crippen LogP contribution in [0.5, 0.6) is 0 Å². The summed E-state index contributed by atoms with van der Waals surface area (Å²) in [5, 5.41) is 3.33. The lowest BCUT2D eigenvalue weighted by Crippen LogP contribution is -2.37. The summed E-state index contributed by atoms with van der Waals surface area (Å²) >= 11 is 0. The summed E-state index contributed by atoms with van der Waals surface area (Å²) in [5.41, 5.74) is 0.559. The van der Waals surface area contributed by atoms with Crippen molar-refractivity contribution in [1.82, 2.24) is 20.2 Å². The van der Waals surface area contributed by atoms with E-state index in [0.29, 0.717) is 11.5 Å². The highest BCUT2D eigenvalue weighted by Crippen LogP contribution is 2.13. The van der Waals surface area contributed by atoms with Gasteiger partial charge in [0.2, 0.25) is 0 Å². The summed E-state index contributed by atoms with van der Waals surface area (Å²) < 4.78 is 0. The van der Waals surface area contributed by atoms with Gasteiger partial charge in [-0.1, -0.05) is 0 Å². The number of rotatable bonds is 3. The quantitative estimate of drug-likeness (QED) is 0.829. The maximum absolute atomic E-state index is 12.0. The minimum absolute atomic E-state index is 0.00383. The van der Waals surface area contributed by atoms with Crippen LogP contribution in [0.25, 0.3) is 0 Å². The number of carbonyl (C=O) groups excluding carboxylic acids is 1.